The summed E-state index contributed by atoms with van der Waals surface area (Å²) in [5.41, 5.74) is 0. The molecule has 0 aromatic rings. The lowest BCUT2D eigenvalue weighted by Gasteiger charge is -2.22. The van der Waals surface area contributed by atoms with E-state index in [4.69, 9.17) is 9.84 Å². The Labute approximate surface area is 79.3 Å². The van der Waals surface area contributed by atoms with Crippen molar-refractivity contribution in [3.05, 3.63) is 0 Å². The Hall–Kier alpha value is -0.460. The molecule has 0 bridgehead atoms. The van der Waals surface area contributed by atoms with Crippen LogP contribution in [-0.2, 0) is 20.5 Å². The number of hydrogen-bond donors (Lipinski definition) is 1. The van der Waals surface area contributed by atoms with Crippen LogP contribution in [0, 0.1) is 5.92 Å². The molecule has 1 saturated heterocycles. The second-order valence-corrected chi connectivity index (χ2v) is 4.44. The average Bonchev–Trinajstić information content (AvgIpc) is 2.50. The predicted octanol–water partition coefficient (Wildman–Crippen LogP) is -0.689. The molecule has 1 heterocycles. The minimum Gasteiger partial charge on any atom is -0.481 e. The molecule has 3 unspecified atom stereocenters. The summed E-state index contributed by atoms with van der Waals surface area (Å²) >= 11 is 0. The number of nitrogens with zero attached hydrogens (tertiary/aromatic N) is 1. The van der Waals surface area contributed by atoms with E-state index >= 15 is 0 Å². The number of hydrogen-bond acceptors (Lipinski definition) is 3. The van der Waals surface area contributed by atoms with Gasteiger partial charge in [0.1, 0.15) is 0 Å². The Bertz CT molecular complexity index is 233. The highest BCUT2D eigenvalue weighted by Crippen LogP contribution is 2.19. The molecule has 6 heteroatoms. The van der Waals surface area contributed by atoms with Gasteiger partial charge in [-0.15, -0.1) is 0 Å². The van der Waals surface area contributed by atoms with Crippen LogP contribution in [0.2, 0.25) is 0 Å². The van der Waals surface area contributed by atoms with Gasteiger partial charge in [0.25, 0.3) is 0 Å². The first-order chi connectivity index (χ1) is 6.04. The van der Waals surface area contributed by atoms with Gasteiger partial charge >= 0.3 is 5.97 Å². The summed E-state index contributed by atoms with van der Waals surface area (Å²) in [6, 6.07) is -0.275. The van der Waals surface area contributed by atoms with Gasteiger partial charge in [-0.25, -0.2) is 8.51 Å². The minimum atomic E-state index is -1.15. The van der Waals surface area contributed by atoms with Crippen molar-refractivity contribution in [1.82, 2.24) is 4.31 Å². The van der Waals surface area contributed by atoms with Crippen molar-refractivity contribution in [3.63, 3.8) is 0 Å². The Morgan fingerprint density at radius 1 is 1.62 bits per heavy atom. The van der Waals surface area contributed by atoms with Gasteiger partial charge in [-0.2, -0.15) is 0 Å². The van der Waals surface area contributed by atoms with Crippen LogP contribution >= 0.6 is 0 Å². The first kappa shape index (κ1) is 10.6. The Morgan fingerprint density at radius 2 is 2.23 bits per heavy atom. The maximum absolute atomic E-state index is 11.1. The van der Waals surface area contributed by atoms with Gasteiger partial charge in [0, 0.05) is 13.3 Å². The first-order valence-electron chi connectivity index (χ1n) is 3.91. The van der Waals surface area contributed by atoms with Crippen LogP contribution in [0.25, 0.3) is 0 Å². The molecule has 1 fully saturated rings. The number of aliphatic carboxylic acids is 1. The summed E-state index contributed by atoms with van der Waals surface area (Å²) in [6.45, 7) is 0.550. The van der Waals surface area contributed by atoms with E-state index in [1.54, 1.807) is 7.05 Å². The van der Waals surface area contributed by atoms with Gasteiger partial charge in [0.05, 0.1) is 36.2 Å². The molecule has 1 rings (SSSR count). The van der Waals surface area contributed by atoms with Gasteiger partial charge in [0.2, 0.25) is 0 Å². The van der Waals surface area contributed by atoms with Crippen LogP contribution in [0.15, 0.2) is 0 Å². The largest absolute Gasteiger partial charge is 0.481 e. The molecule has 0 amide bonds. The highest BCUT2D eigenvalue weighted by Gasteiger charge is 2.37. The summed E-state index contributed by atoms with van der Waals surface area (Å²) in [7, 11) is 0.497. The molecule has 0 aromatic heterocycles. The van der Waals surface area contributed by atoms with E-state index in [9.17, 15) is 9.00 Å². The third-order valence-corrected chi connectivity index (χ3v) is 3.32. The van der Waals surface area contributed by atoms with Crippen LogP contribution in [0.1, 0.15) is 0 Å². The third-order valence-electron chi connectivity index (χ3n) is 2.24. The smallest absolute Gasteiger partial charge is 0.310 e. The third kappa shape index (κ3) is 2.26. The number of ether oxygens (including phenoxy) is 1. The van der Waals surface area contributed by atoms with E-state index in [1.807, 2.05) is 0 Å². The zero-order valence-corrected chi connectivity index (χ0v) is 8.41. The average molecular weight is 207 g/mol. The summed E-state index contributed by atoms with van der Waals surface area (Å²) in [4.78, 5) is 10.7. The summed E-state index contributed by atoms with van der Waals surface area (Å²) < 4.78 is 17.7. The fourth-order valence-corrected chi connectivity index (χ4v) is 1.92. The first-order valence-corrected chi connectivity index (χ1v) is 5.42. The molecule has 5 nitrogen and oxygen atoms in total. The van der Waals surface area contributed by atoms with Crippen molar-refractivity contribution in [2.75, 3.05) is 26.5 Å². The van der Waals surface area contributed by atoms with E-state index < -0.39 is 22.9 Å². The second-order valence-electron chi connectivity index (χ2n) is 3.02. The van der Waals surface area contributed by atoms with Crippen LogP contribution in [0.4, 0.5) is 0 Å². The highest BCUT2D eigenvalue weighted by molar-refractivity contribution is 7.81. The summed E-state index contributed by atoms with van der Waals surface area (Å²) in [5, 5.41) is 8.81. The fraction of sp³-hybridized carbons (Fsp3) is 0.857. The Balaban J connectivity index is 2.68. The zero-order chi connectivity index (χ0) is 10.0. The molecule has 13 heavy (non-hydrogen) atoms. The van der Waals surface area contributed by atoms with Gasteiger partial charge in [0.15, 0.2) is 0 Å². The van der Waals surface area contributed by atoms with Crippen molar-refractivity contribution >= 4 is 17.0 Å². The molecular weight excluding hydrogens is 194 g/mol. The fourth-order valence-electron chi connectivity index (χ4n) is 1.33. The molecular formula is C7H13NO4S. The van der Waals surface area contributed by atoms with Gasteiger partial charge < -0.3 is 9.84 Å². The molecule has 0 radical (unpaired) electrons. The number of likely N-dealkylation sites (N-methyl/N-ethyl adjacent to an activating group) is 1. The van der Waals surface area contributed by atoms with Gasteiger partial charge in [-0.1, -0.05) is 0 Å². The monoisotopic (exact) mass is 207 g/mol. The molecule has 1 aliphatic rings. The quantitative estimate of drug-likeness (QED) is 0.665. The van der Waals surface area contributed by atoms with Crippen LogP contribution in [0.3, 0.4) is 0 Å². The normalized spacial score (nSPS) is 30.7. The maximum atomic E-state index is 11.1. The second kappa shape index (κ2) is 4.17. The lowest BCUT2D eigenvalue weighted by molar-refractivity contribution is -0.142. The molecule has 0 spiro atoms. The van der Waals surface area contributed by atoms with E-state index in [0.29, 0.717) is 6.61 Å². The lowest BCUT2D eigenvalue weighted by atomic mass is 10.1. The molecule has 1 N–H and O–H groups in total. The number of carbonyl (C=O) groups is 1. The van der Waals surface area contributed by atoms with Crippen molar-refractivity contribution < 1.29 is 18.8 Å². The molecule has 3 atom stereocenters. The van der Waals surface area contributed by atoms with Crippen molar-refractivity contribution in [3.8, 4) is 0 Å². The van der Waals surface area contributed by atoms with E-state index in [2.05, 4.69) is 0 Å². The predicted molar refractivity (Wildman–Crippen MR) is 47.6 cm³/mol. The number of rotatable bonds is 3. The maximum Gasteiger partial charge on any atom is 0.310 e. The van der Waals surface area contributed by atoms with E-state index in [-0.39, 0.29) is 12.6 Å². The molecule has 1 aliphatic heterocycles. The van der Waals surface area contributed by atoms with Crippen LogP contribution < -0.4 is 0 Å². The van der Waals surface area contributed by atoms with Crippen LogP contribution in [0.5, 0.6) is 0 Å². The summed E-state index contributed by atoms with van der Waals surface area (Å²) in [6.07, 6.45) is 1.53. The van der Waals surface area contributed by atoms with Gasteiger partial charge in [-0.3, -0.25) is 4.79 Å². The van der Waals surface area contributed by atoms with Gasteiger partial charge in [-0.05, 0) is 0 Å². The molecule has 0 saturated carbocycles. The minimum absolute atomic E-state index is 0.210. The van der Waals surface area contributed by atoms with E-state index in [1.165, 1.54) is 10.6 Å². The highest BCUT2D eigenvalue weighted by atomic mass is 32.2. The SMILES string of the molecule is CN(C1COCC1C(=O)O)S(C)=O. The summed E-state index contributed by atoms with van der Waals surface area (Å²) in [5.74, 6) is -1.45. The molecule has 0 aromatic carbocycles. The van der Waals surface area contributed by atoms with Crippen molar-refractivity contribution in [1.29, 1.82) is 0 Å². The molecule has 76 valence electrons. The van der Waals surface area contributed by atoms with Crippen LogP contribution in [-0.4, -0.2) is 52.1 Å². The van der Waals surface area contributed by atoms with Crippen molar-refractivity contribution in [2.24, 2.45) is 5.92 Å². The molecule has 0 aliphatic carbocycles. The topological polar surface area (TPSA) is 66.8 Å². The Morgan fingerprint density at radius 3 is 2.69 bits per heavy atom. The number of carboxylic acids is 1. The Kier molecular flexibility index (Phi) is 3.40. The standard InChI is InChI=1S/C7H13NO4S/c1-8(13(2)11)6-4-12-3-5(6)7(9)10/h5-6H,3-4H2,1-2H3,(H,9,10). The zero-order valence-electron chi connectivity index (χ0n) is 7.60. The lowest BCUT2D eigenvalue weighted by Crippen LogP contribution is -2.41. The van der Waals surface area contributed by atoms with E-state index in [0.717, 1.165) is 0 Å². The van der Waals surface area contributed by atoms with Crippen molar-refractivity contribution in [2.45, 2.75) is 6.04 Å². The number of carboxylic acid groups (broad SMARTS) is 1.